The van der Waals surface area contributed by atoms with Crippen LogP contribution >= 0.6 is 0 Å². The van der Waals surface area contributed by atoms with E-state index in [1.807, 2.05) is 13.8 Å². The fourth-order valence-corrected chi connectivity index (χ4v) is 2.57. The molecule has 0 fully saturated rings. The molecule has 0 amide bonds. The van der Waals surface area contributed by atoms with E-state index in [1.165, 1.54) is 12.1 Å². The van der Waals surface area contributed by atoms with Crippen molar-refractivity contribution in [2.75, 3.05) is 13.2 Å². The summed E-state index contributed by atoms with van der Waals surface area (Å²) in [6, 6.07) is 6.32. The lowest BCUT2D eigenvalue weighted by atomic mass is 10.3. The van der Waals surface area contributed by atoms with Crippen molar-refractivity contribution in [2.24, 2.45) is 0 Å². The Morgan fingerprint density at radius 2 is 1.84 bits per heavy atom. The van der Waals surface area contributed by atoms with Gasteiger partial charge in [-0.3, -0.25) is 0 Å². The van der Waals surface area contributed by atoms with Crippen LogP contribution in [0.2, 0.25) is 0 Å². The van der Waals surface area contributed by atoms with Crippen LogP contribution in [0.4, 0.5) is 0 Å². The molecular weight excluding hydrogens is 266 g/mol. The molecule has 1 rings (SSSR count). The fourth-order valence-electron chi connectivity index (χ4n) is 1.50. The van der Waals surface area contributed by atoms with Crippen molar-refractivity contribution in [3.8, 4) is 5.75 Å². The monoisotopic (exact) mass is 287 g/mol. The third kappa shape index (κ3) is 5.59. The lowest BCUT2D eigenvalue weighted by Crippen LogP contribution is -2.24. The maximum atomic E-state index is 11.9. The van der Waals surface area contributed by atoms with E-state index in [-0.39, 0.29) is 17.6 Å². The number of aliphatic hydroxyl groups is 1. The van der Waals surface area contributed by atoms with E-state index in [0.29, 0.717) is 25.1 Å². The van der Waals surface area contributed by atoms with Crippen LogP contribution in [-0.4, -0.2) is 32.8 Å². The number of benzene rings is 1. The van der Waals surface area contributed by atoms with Gasteiger partial charge >= 0.3 is 0 Å². The standard InChI is InChI=1S/C13H21NO4S/c1-11(2)18-12-5-7-13(8-6-12)19(16,17)14-9-3-4-10-15/h5-8,11,14-15H,3-4,9-10H2,1-2H3. The summed E-state index contributed by atoms with van der Waals surface area (Å²) in [5, 5.41) is 8.62. The zero-order valence-corrected chi connectivity index (χ0v) is 12.1. The summed E-state index contributed by atoms with van der Waals surface area (Å²) in [5.74, 6) is 0.647. The Labute approximate surface area is 114 Å². The summed E-state index contributed by atoms with van der Waals surface area (Å²) in [4.78, 5) is 0.215. The second kappa shape index (κ2) is 7.47. The van der Waals surface area contributed by atoms with E-state index in [1.54, 1.807) is 12.1 Å². The first-order valence-electron chi connectivity index (χ1n) is 6.33. The fraction of sp³-hybridized carbons (Fsp3) is 0.538. The largest absolute Gasteiger partial charge is 0.491 e. The smallest absolute Gasteiger partial charge is 0.240 e. The van der Waals surface area contributed by atoms with Crippen LogP contribution in [0.5, 0.6) is 5.75 Å². The number of nitrogens with one attached hydrogen (secondary N) is 1. The van der Waals surface area contributed by atoms with Gasteiger partial charge in [0.2, 0.25) is 10.0 Å². The third-order valence-electron chi connectivity index (χ3n) is 2.38. The predicted octanol–water partition coefficient (Wildman–Crippen LogP) is 1.52. The lowest BCUT2D eigenvalue weighted by molar-refractivity contribution is 0.242. The normalized spacial score (nSPS) is 11.8. The summed E-state index contributed by atoms with van der Waals surface area (Å²) in [6.07, 6.45) is 1.26. The van der Waals surface area contributed by atoms with Gasteiger partial charge in [-0.2, -0.15) is 0 Å². The van der Waals surface area contributed by atoms with Gasteiger partial charge < -0.3 is 9.84 Å². The lowest BCUT2D eigenvalue weighted by Gasteiger charge is -2.10. The van der Waals surface area contributed by atoms with E-state index < -0.39 is 10.0 Å². The molecule has 0 atom stereocenters. The maximum absolute atomic E-state index is 11.9. The summed E-state index contributed by atoms with van der Waals surface area (Å²) in [6.45, 7) is 4.22. The van der Waals surface area contributed by atoms with E-state index in [9.17, 15) is 8.42 Å². The molecule has 19 heavy (non-hydrogen) atoms. The molecule has 1 aromatic carbocycles. The molecular formula is C13H21NO4S. The first-order valence-corrected chi connectivity index (χ1v) is 7.81. The number of hydrogen-bond donors (Lipinski definition) is 2. The second-order valence-electron chi connectivity index (χ2n) is 4.47. The van der Waals surface area contributed by atoms with Gasteiger partial charge in [-0.25, -0.2) is 13.1 Å². The third-order valence-corrected chi connectivity index (χ3v) is 3.86. The van der Waals surface area contributed by atoms with Crippen LogP contribution < -0.4 is 9.46 Å². The van der Waals surface area contributed by atoms with Gasteiger partial charge in [0.1, 0.15) is 5.75 Å². The van der Waals surface area contributed by atoms with Crippen molar-refractivity contribution in [3.05, 3.63) is 24.3 Å². The van der Waals surface area contributed by atoms with E-state index in [4.69, 9.17) is 9.84 Å². The Morgan fingerprint density at radius 3 is 2.37 bits per heavy atom. The average Bonchev–Trinajstić information content (AvgIpc) is 2.35. The van der Waals surface area contributed by atoms with Crippen LogP contribution in [0, 0.1) is 0 Å². The van der Waals surface area contributed by atoms with Crippen molar-refractivity contribution >= 4 is 10.0 Å². The minimum Gasteiger partial charge on any atom is -0.491 e. The highest BCUT2D eigenvalue weighted by Crippen LogP contribution is 2.16. The summed E-state index contributed by atoms with van der Waals surface area (Å²) in [5.41, 5.74) is 0. The van der Waals surface area contributed by atoms with E-state index >= 15 is 0 Å². The second-order valence-corrected chi connectivity index (χ2v) is 6.23. The first kappa shape index (κ1) is 15.9. The topological polar surface area (TPSA) is 75.6 Å². The van der Waals surface area contributed by atoms with Gasteiger partial charge in [-0.05, 0) is 51.0 Å². The number of aliphatic hydroxyl groups excluding tert-OH is 1. The maximum Gasteiger partial charge on any atom is 0.240 e. The van der Waals surface area contributed by atoms with Crippen molar-refractivity contribution < 1.29 is 18.3 Å². The van der Waals surface area contributed by atoms with Gasteiger partial charge in [0.05, 0.1) is 11.0 Å². The Kier molecular flexibility index (Phi) is 6.27. The van der Waals surface area contributed by atoms with Crippen molar-refractivity contribution in [1.29, 1.82) is 0 Å². The minimum absolute atomic E-state index is 0.0547. The van der Waals surface area contributed by atoms with Crippen molar-refractivity contribution in [1.82, 2.24) is 4.72 Å². The minimum atomic E-state index is -3.47. The van der Waals surface area contributed by atoms with Crippen LogP contribution in [-0.2, 0) is 10.0 Å². The highest BCUT2D eigenvalue weighted by Gasteiger charge is 2.13. The van der Waals surface area contributed by atoms with Gasteiger partial charge in [0.15, 0.2) is 0 Å². The quantitative estimate of drug-likeness (QED) is 0.711. The van der Waals surface area contributed by atoms with Gasteiger partial charge in [-0.1, -0.05) is 0 Å². The van der Waals surface area contributed by atoms with Crippen LogP contribution in [0.15, 0.2) is 29.2 Å². The first-order chi connectivity index (χ1) is 8.95. The van der Waals surface area contributed by atoms with Crippen molar-refractivity contribution in [3.63, 3.8) is 0 Å². The number of hydrogen-bond acceptors (Lipinski definition) is 4. The molecule has 0 aliphatic heterocycles. The Balaban J connectivity index is 2.63. The Morgan fingerprint density at radius 1 is 1.21 bits per heavy atom. The zero-order chi connectivity index (χ0) is 14.3. The molecule has 0 saturated carbocycles. The molecule has 0 radical (unpaired) electrons. The van der Waals surface area contributed by atoms with Crippen LogP contribution in [0.25, 0.3) is 0 Å². The van der Waals surface area contributed by atoms with Crippen LogP contribution in [0.3, 0.4) is 0 Å². The molecule has 0 aliphatic rings. The zero-order valence-electron chi connectivity index (χ0n) is 11.3. The predicted molar refractivity (Wildman–Crippen MR) is 73.7 cm³/mol. The molecule has 1 aromatic rings. The Bertz CT molecular complexity index is 468. The molecule has 2 N–H and O–H groups in total. The molecule has 0 aromatic heterocycles. The molecule has 6 heteroatoms. The van der Waals surface area contributed by atoms with E-state index in [0.717, 1.165) is 0 Å². The molecule has 0 saturated heterocycles. The van der Waals surface area contributed by atoms with Gasteiger partial charge in [-0.15, -0.1) is 0 Å². The van der Waals surface area contributed by atoms with E-state index in [2.05, 4.69) is 4.72 Å². The number of sulfonamides is 1. The SMILES string of the molecule is CC(C)Oc1ccc(S(=O)(=O)NCCCCO)cc1. The molecule has 0 aliphatic carbocycles. The summed E-state index contributed by atoms with van der Waals surface area (Å²) in [7, 11) is -3.47. The number of rotatable bonds is 8. The van der Waals surface area contributed by atoms with Gasteiger partial charge in [0, 0.05) is 13.2 Å². The van der Waals surface area contributed by atoms with Crippen molar-refractivity contribution in [2.45, 2.75) is 37.7 Å². The Hall–Kier alpha value is -1.11. The molecule has 108 valence electrons. The summed E-state index contributed by atoms with van der Waals surface area (Å²) < 4.78 is 31.8. The average molecular weight is 287 g/mol. The molecule has 5 nitrogen and oxygen atoms in total. The molecule has 0 unspecified atom stereocenters. The van der Waals surface area contributed by atoms with Gasteiger partial charge in [0.25, 0.3) is 0 Å². The summed E-state index contributed by atoms with van der Waals surface area (Å²) >= 11 is 0. The van der Waals surface area contributed by atoms with Crippen LogP contribution in [0.1, 0.15) is 26.7 Å². The molecule has 0 heterocycles. The highest BCUT2D eigenvalue weighted by atomic mass is 32.2. The number of ether oxygens (including phenoxy) is 1. The number of unbranched alkanes of at least 4 members (excludes halogenated alkanes) is 1. The molecule has 0 bridgehead atoms. The molecule has 0 spiro atoms. The highest BCUT2D eigenvalue weighted by molar-refractivity contribution is 7.89.